The molecular formula is C31H53N7O3. The largest absolute Gasteiger partial charge is 0.444 e. The van der Waals surface area contributed by atoms with Gasteiger partial charge in [-0.15, -0.1) is 0 Å². The number of hydrogen-bond acceptors (Lipinski definition) is 7. The highest BCUT2D eigenvalue weighted by Crippen LogP contribution is 2.28. The van der Waals surface area contributed by atoms with Gasteiger partial charge in [0.05, 0.1) is 6.17 Å². The Hall–Kier alpha value is -2.40. The summed E-state index contributed by atoms with van der Waals surface area (Å²) < 4.78 is 5.49. The van der Waals surface area contributed by atoms with Crippen LogP contribution in [0, 0.1) is 0 Å². The van der Waals surface area contributed by atoms with E-state index in [1.807, 2.05) is 26.8 Å². The van der Waals surface area contributed by atoms with Gasteiger partial charge < -0.3 is 30.9 Å². The summed E-state index contributed by atoms with van der Waals surface area (Å²) in [4.78, 5) is 29.8. The third-order valence-corrected chi connectivity index (χ3v) is 8.30. The number of hydrogen-bond donors (Lipinski definition) is 5. The lowest BCUT2D eigenvalue weighted by atomic mass is 10.0. The van der Waals surface area contributed by atoms with Crippen LogP contribution in [0.2, 0.25) is 0 Å². The molecule has 2 fully saturated rings. The van der Waals surface area contributed by atoms with E-state index in [0.29, 0.717) is 12.6 Å². The van der Waals surface area contributed by atoms with E-state index >= 15 is 0 Å². The molecule has 41 heavy (non-hydrogen) atoms. The van der Waals surface area contributed by atoms with Crippen molar-refractivity contribution >= 4 is 17.8 Å². The van der Waals surface area contributed by atoms with Crippen LogP contribution < -0.4 is 26.6 Å². The number of amides is 3. The third-order valence-electron chi connectivity index (χ3n) is 8.30. The first-order valence-corrected chi connectivity index (χ1v) is 15.7. The van der Waals surface area contributed by atoms with Gasteiger partial charge in [0.15, 0.2) is 0 Å². The lowest BCUT2D eigenvalue weighted by molar-refractivity contribution is -0.0196. The predicted molar refractivity (Wildman–Crippen MR) is 164 cm³/mol. The molecule has 2 aliphatic heterocycles. The van der Waals surface area contributed by atoms with E-state index in [4.69, 9.17) is 4.74 Å². The number of nitrogens with zero attached hydrogens (tertiary/aromatic N) is 2. The van der Waals surface area contributed by atoms with Gasteiger partial charge in [-0.1, -0.05) is 31.7 Å². The fourth-order valence-electron chi connectivity index (χ4n) is 6.25. The van der Waals surface area contributed by atoms with E-state index in [-0.39, 0.29) is 30.6 Å². The molecule has 1 aliphatic carbocycles. The standard InChI is InChI=1S/C31H53N7O3/c1-22-19-27(33-16-10-18-37(5)30(40)41-31(2,3)4)38(26-11-8-6-7-9-12-26)28(34-22)36-29(39)35-25-14-13-24-21-32-17-15-23(24)20-25/h13-14,20,22,26-28,32-34H,6-12,15-19,21H2,1-5H3,(H2,35,36,39). The molecule has 3 atom stereocenters. The zero-order chi connectivity index (χ0) is 29.4. The van der Waals surface area contributed by atoms with Crippen molar-refractivity contribution in [1.29, 1.82) is 0 Å². The average Bonchev–Trinajstić information content (AvgIpc) is 3.19. The van der Waals surface area contributed by atoms with Gasteiger partial charge in [-0.05, 0) is 96.1 Å². The van der Waals surface area contributed by atoms with Crippen molar-refractivity contribution in [2.24, 2.45) is 0 Å². The zero-order valence-electron chi connectivity index (χ0n) is 25.9. The fourth-order valence-corrected chi connectivity index (χ4v) is 6.25. The number of urea groups is 1. The summed E-state index contributed by atoms with van der Waals surface area (Å²) in [5.41, 5.74) is 2.93. The molecule has 3 amide bonds. The van der Waals surface area contributed by atoms with E-state index < -0.39 is 5.60 Å². The topological polar surface area (TPSA) is 110 Å². The Bertz CT molecular complexity index is 1010. The summed E-state index contributed by atoms with van der Waals surface area (Å²) in [5, 5.41) is 17.2. The molecule has 10 heteroatoms. The molecule has 1 saturated carbocycles. The summed E-state index contributed by atoms with van der Waals surface area (Å²) in [7, 11) is 1.79. The van der Waals surface area contributed by atoms with Crippen LogP contribution in [0.1, 0.15) is 90.2 Å². The second-order valence-electron chi connectivity index (χ2n) is 13.0. The van der Waals surface area contributed by atoms with Crippen LogP contribution in [0.15, 0.2) is 18.2 Å². The molecule has 1 aromatic rings. The van der Waals surface area contributed by atoms with Gasteiger partial charge in [-0.2, -0.15) is 0 Å². The molecule has 0 radical (unpaired) electrons. The molecule has 0 bridgehead atoms. The normalized spacial score (nSPS) is 24.2. The summed E-state index contributed by atoms with van der Waals surface area (Å²) in [6, 6.07) is 6.64. The number of benzene rings is 1. The van der Waals surface area contributed by atoms with E-state index in [2.05, 4.69) is 50.5 Å². The minimum absolute atomic E-state index is 0.128. The second-order valence-corrected chi connectivity index (χ2v) is 13.0. The lowest BCUT2D eigenvalue weighted by Gasteiger charge is -2.49. The summed E-state index contributed by atoms with van der Waals surface area (Å²) in [5.74, 6) is 0. The Kier molecular flexibility index (Phi) is 11.3. The maximum absolute atomic E-state index is 13.3. The van der Waals surface area contributed by atoms with Crippen molar-refractivity contribution in [3.63, 3.8) is 0 Å². The highest BCUT2D eigenvalue weighted by Gasteiger charge is 2.38. The first-order valence-electron chi connectivity index (χ1n) is 15.7. The smallest absolute Gasteiger partial charge is 0.410 e. The quantitative estimate of drug-likeness (QED) is 0.234. The van der Waals surface area contributed by atoms with Crippen LogP contribution >= 0.6 is 0 Å². The van der Waals surface area contributed by atoms with Crippen molar-refractivity contribution in [2.45, 2.75) is 122 Å². The summed E-state index contributed by atoms with van der Waals surface area (Å²) in [6.45, 7) is 11.1. The number of carbonyl (C=O) groups excluding carboxylic acids is 2. The van der Waals surface area contributed by atoms with Gasteiger partial charge in [0.25, 0.3) is 0 Å². The highest BCUT2D eigenvalue weighted by atomic mass is 16.6. The van der Waals surface area contributed by atoms with Gasteiger partial charge in [0.2, 0.25) is 0 Å². The molecule has 3 aliphatic rings. The van der Waals surface area contributed by atoms with Crippen LogP contribution in [0.5, 0.6) is 0 Å². The number of nitrogens with one attached hydrogen (secondary N) is 5. The van der Waals surface area contributed by atoms with Gasteiger partial charge >= 0.3 is 12.1 Å². The molecule has 10 nitrogen and oxygen atoms in total. The SMILES string of the molecule is CC1CC(NCCCN(C)C(=O)OC(C)(C)C)N(C2CCCCCC2)C(NC(=O)Nc2ccc3c(c2)CCNC3)N1. The van der Waals surface area contributed by atoms with Crippen molar-refractivity contribution in [2.75, 3.05) is 32.0 Å². The molecule has 230 valence electrons. The molecule has 1 saturated heterocycles. The van der Waals surface area contributed by atoms with E-state index in [1.54, 1.807) is 11.9 Å². The molecule has 0 aromatic heterocycles. The molecule has 2 heterocycles. The second kappa shape index (κ2) is 14.7. The maximum Gasteiger partial charge on any atom is 0.410 e. The molecule has 5 N–H and O–H groups in total. The Morgan fingerprint density at radius 1 is 1.12 bits per heavy atom. The average molecular weight is 572 g/mol. The molecule has 3 unspecified atom stereocenters. The number of ether oxygens (including phenoxy) is 1. The lowest BCUT2D eigenvalue weighted by Crippen LogP contribution is -2.71. The summed E-state index contributed by atoms with van der Waals surface area (Å²) in [6.07, 6.45) is 9.54. The van der Waals surface area contributed by atoms with Crippen LogP contribution in [-0.2, 0) is 17.7 Å². The number of fused-ring (bicyclic) bond motifs is 1. The van der Waals surface area contributed by atoms with Crippen molar-refractivity contribution in [3.8, 4) is 0 Å². The van der Waals surface area contributed by atoms with Crippen molar-refractivity contribution in [3.05, 3.63) is 29.3 Å². The van der Waals surface area contributed by atoms with Crippen LogP contribution in [0.25, 0.3) is 0 Å². The van der Waals surface area contributed by atoms with E-state index in [0.717, 1.165) is 57.4 Å². The molecule has 1 aromatic carbocycles. The first-order chi connectivity index (χ1) is 19.6. The Morgan fingerprint density at radius 2 is 1.88 bits per heavy atom. The van der Waals surface area contributed by atoms with Crippen molar-refractivity contribution in [1.82, 2.24) is 31.1 Å². The Morgan fingerprint density at radius 3 is 2.61 bits per heavy atom. The van der Waals surface area contributed by atoms with E-state index in [1.165, 1.54) is 36.8 Å². The molecule has 0 spiro atoms. The Labute approximate surface area is 246 Å². The van der Waals surface area contributed by atoms with Crippen molar-refractivity contribution < 1.29 is 14.3 Å². The van der Waals surface area contributed by atoms with Gasteiger partial charge in [0.1, 0.15) is 11.9 Å². The first kappa shape index (κ1) is 31.5. The maximum atomic E-state index is 13.3. The minimum atomic E-state index is -0.500. The van der Waals surface area contributed by atoms with Crippen LogP contribution in [0.4, 0.5) is 15.3 Å². The number of anilines is 1. The van der Waals surface area contributed by atoms with Gasteiger partial charge in [-0.25, -0.2) is 9.59 Å². The van der Waals surface area contributed by atoms with Gasteiger partial charge in [-0.3, -0.25) is 10.2 Å². The van der Waals surface area contributed by atoms with E-state index in [9.17, 15) is 9.59 Å². The fraction of sp³-hybridized carbons (Fsp3) is 0.742. The van der Waals surface area contributed by atoms with Gasteiger partial charge in [0, 0.05) is 37.9 Å². The minimum Gasteiger partial charge on any atom is -0.444 e. The molecule has 4 rings (SSSR count). The van der Waals surface area contributed by atoms with Crippen LogP contribution in [0.3, 0.4) is 0 Å². The number of carbonyl (C=O) groups is 2. The number of rotatable bonds is 8. The third kappa shape index (κ3) is 9.56. The zero-order valence-corrected chi connectivity index (χ0v) is 25.9. The molecular weight excluding hydrogens is 518 g/mol. The van der Waals surface area contributed by atoms with Crippen LogP contribution in [-0.4, -0.2) is 78.7 Å². The predicted octanol–water partition coefficient (Wildman–Crippen LogP) is 4.32. The Balaban J connectivity index is 1.38. The summed E-state index contributed by atoms with van der Waals surface area (Å²) >= 11 is 0. The monoisotopic (exact) mass is 571 g/mol. The highest BCUT2D eigenvalue weighted by molar-refractivity contribution is 5.89.